The van der Waals surface area contributed by atoms with Crippen LogP contribution in [0, 0.1) is 0 Å². The summed E-state index contributed by atoms with van der Waals surface area (Å²) < 4.78 is 0. The molecule has 0 spiro atoms. The number of nitrogens with one attached hydrogen (secondary N) is 15. The van der Waals surface area contributed by atoms with Crippen molar-refractivity contribution >= 4 is 157 Å². The Morgan fingerprint density at radius 3 is 1.31 bits per heavy atom. The van der Waals surface area contributed by atoms with E-state index < -0.39 is 210 Å². The molecule has 2 saturated heterocycles. The first-order valence-corrected chi connectivity index (χ1v) is 49.4. The number of nitrogens with two attached hydrogens (primary N) is 14. The zero-order valence-corrected chi connectivity index (χ0v) is 81.5. The van der Waals surface area contributed by atoms with Gasteiger partial charge in [0.05, 0.1) is 6.04 Å². The highest BCUT2D eigenvalue weighted by molar-refractivity contribution is 8.76. The van der Waals surface area contributed by atoms with E-state index >= 15 is 57.5 Å². The van der Waals surface area contributed by atoms with Crippen molar-refractivity contribution in [2.75, 3.05) is 70.4 Å². The molecule has 20 amide bonds. The summed E-state index contributed by atoms with van der Waals surface area (Å²) in [5.74, 6) is -17.4. The van der Waals surface area contributed by atoms with Crippen LogP contribution in [0.3, 0.4) is 0 Å². The van der Waals surface area contributed by atoms with Crippen molar-refractivity contribution in [1.29, 1.82) is 0 Å². The first-order chi connectivity index (χ1) is 68.6. The van der Waals surface area contributed by atoms with Gasteiger partial charge in [-0.2, -0.15) is 0 Å². The SMILES string of the molecule is NCCCC[C@H]1NC(=O)[C@H](CCCNC(N)=O)NC(=O)[C@@H](Cc2ccc(O)cc2)NC(=O)[C@H](NC(=O)[C@@H](NC(=O)[C@H](CCCN=C(N)N)NC(=O)[C@@H](N)CCCN=C(N)N)c2ccc3ccccc3c2)CSSC[C@H](C(=O)N[C@@H](CCCN=C(N)N)C(N)=O)NC(=O)[C@H](CCCNC(N)=O)NC(=O)[C@H](CCCN=C(N)N)NC(=O)[C@H](Cc2ccc(O)cc2)NC(=O)[C@H]2CCCN2C(=O)[C@H](CCCNC(N)=O)NC1=O. The number of rotatable bonds is 46. The first-order valence-electron chi connectivity index (χ1n) is 46.9. The van der Waals surface area contributed by atoms with Gasteiger partial charge in [0, 0.05) is 76.7 Å². The lowest BCUT2D eigenvalue weighted by Crippen LogP contribution is -2.61. The minimum absolute atomic E-state index is 0.0203. The van der Waals surface area contributed by atoms with Gasteiger partial charge in [0.25, 0.3) is 0 Å². The fourth-order valence-corrected chi connectivity index (χ4v) is 17.6. The number of benzene rings is 4. The lowest BCUT2D eigenvalue weighted by molar-refractivity contribution is -0.142. The zero-order chi connectivity index (χ0) is 106. The molecular weight excluding hydrogens is 1910 g/mol. The Bertz CT molecular complexity index is 5130. The number of primary amides is 4. The van der Waals surface area contributed by atoms with Gasteiger partial charge in [-0.15, -0.1) is 0 Å². The van der Waals surface area contributed by atoms with Gasteiger partial charge < -0.3 is 175 Å². The number of urea groups is 3. The standard InChI is InChI=1S/C89H138N34O19S2/c90-34-4-3-16-57-73(130)117-62(22-11-41-110-89(103)142)82(139)123-42-12-23-67(123)80(137)119-64(44-49-26-32-54(125)33-27-49)77(134)116-58(18-7-37-106-85(97)98)72(129)114-60(21-10-40-109-88(102)141)74(131)120-65(78(135)111-56(69(92)126)17-6-36-105-84(95)96)46-143-144-47-66(79(136)118-63(43-48-24-30-53(124)31-25-48)76(133)115-59(71(128)113-57)20-9-39-108-87(101)140)121-81(138)68(52-29-28-50-13-1-2-14-51(50)45-52)122-75(132)61(19-8-38-107-86(99)100)112-70(127)55(91)15-5-35-104-83(93)94/h1-2,13-14,24-33,45,55-68,124-125H,3-12,15-23,34-44,46-47,90-91H2,(H2,92,126)(H,111,135)(H,112,127)(H,113,128)(H,114,129)(H,115,133)(H,116,134)(H,117,130)(H,118,136)(H,119,137)(H,120,131)(H,121,138)(H,122,132)(H4,93,94,104)(H4,95,96,105)(H4,97,98,106)(H4,99,100,107)(H3,101,108,140)(H3,102,109,141)(H3,103,110,142)/t55-,56-,57+,58-,59-,60-,61-,62-,63+,64-,65+,66+,67+,68-/m0/s1. The van der Waals surface area contributed by atoms with Crippen LogP contribution in [0.2, 0.25) is 0 Å². The number of phenols is 2. The number of aliphatic imine (C=N–C) groups is 4. The van der Waals surface area contributed by atoms with Gasteiger partial charge in [-0.05, 0) is 186 Å². The highest BCUT2D eigenvalue weighted by Crippen LogP contribution is 2.28. The lowest BCUT2D eigenvalue weighted by Gasteiger charge is -2.31. The number of carbonyl (C=O) groups is 17. The van der Waals surface area contributed by atoms with E-state index in [-0.39, 0.29) is 227 Å². The van der Waals surface area contributed by atoms with Gasteiger partial charge in [0.1, 0.15) is 90.0 Å². The van der Waals surface area contributed by atoms with Crippen LogP contribution >= 0.6 is 21.6 Å². The molecule has 2 aliphatic rings. The van der Waals surface area contributed by atoms with Crippen molar-refractivity contribution in [3.8, 4) is 11.5 Å². The summed E-state index contributed by atoms with van der Waals surface area (Å²) in [6.45, 7) is -0.829. The molecule has 45 N–H and O–H groups in total. The quantitative estimate of drug-likeness (QED) is 0.00846. The maximum Gasteiger partial charge on any atom is 0.312 e. The fraction of sp³-hybridized carbons (Fsp3) is 0.517. The van der Waals surface area contributed by atoms with Crippen LogP contribution in [0.25, 0.3) is 10.8 Å². The van der Waals surface area contributed by atoms with Crippen LogP contribution in [-0.2, 0) is 80.0 Å². The first kappa shape index (κ1) is 118. The maximum absolute atomic E-state index is 16.0. The number of fused-ring (bicyclic) bond motifs is 2. The highest BCUT2D eigenvalue weighted by Gasteiger charge is 2.43. The Morgan fingerprint density at radius 1 is 0.417 bits per heavy atom. The van der Waals surface area contributed by atoms with Crippen molar-refractivity contribution < 1.29 is 91.7 Å². The smallest absolute Gasteiger partial charge is 0.312 e. The van der Waals surface area contributed by atoms with Gasteiger partial charge in [-0.1, -0.05) is 82.3 Å². The number of amides is 20. The predicted octanol–water partition coefficient (Wildman–Crippen LogP) is -7.89. The third kappa shape index (κ3) is 43.1. The van der Waals surface area contributed by atoms with Crippen molar-refractivity contribution in [3.05, 3.63) is 108 Å². The Labute approximate surface area is 838 Å². The van der Waals surface area contributed by atoms with Gasteiger partial charge >= 0.3 is 18.1 Å². The molecular formula is C89H138N34O19S2. The number of phenolic OH excluding ortho intramolecular Hbond substituents is 2. The van der Waals surface area contributed by atoms with Crippen molar-refractivity contribution in [3.63, 3.8) is 0 Å². The van der Waals surface area contributed by atoms with E-state index in [0.717, 1.165) is 26.5 Å². The van der Waals surface area contributed by atoms with Crippen LogP contribution in [0.15, 0.2) is 111 Å². The van der Waals surface area contributed by atoms with E-state index in [1.54, 1.807) is 36.4 Å². The van der Waals surface area contributed by atoms with Gasteiger partial charge in [0.2, 0.25) is 82.7 Å². The van der Waals surface area contributed by atoms with Gasteiger partial charge in [-0.25, -0.2) is 14.4 Å². The molecule has 144 heavy (non-hydrogen) atoms. The number of unbranched alkanes of at least 4 members (excludes halogenated alkanes) is 1. The molecule has 14 atom stereocenters. The Hall–Kier alpha value is -15.2. The number of aromatic hydroxyl groups is 2. The number of nitrogens with zero attached hydrogens (tertiary/aromatic N) is 5. The van der Waals surface area contributed by atoms with E-state index in [9.17, 15) is 34.2 Å². The molecule has 2 aliphatic heterocycles. The van der Waals surface area contributed by atoms with Crippen LogP contribution in [0.1, 0.15) is 145 Å². The Kier molecular flexibility index (Phi) is 50.8. The number of guanidine groups is 4. The normalized spacial score (nSPS) is 20.1. The van der Waals surface area contributed by atoms with Gasteiger partial charge in [0.15, 0.2) is 23.8 Å². The van der Waals surface area contributed by atoms with E-state index in [2.05, 4.69) is 99.7 Å². The van der Waals surface area contributed by atoms with Crippen molar-refractivity contribution in [2.45, 2.75) is 219 Å². The average Bonchev–Trinajstić information content (AvgIpc) is 1.61. The molecule has 0 aliphatic carbocycles. The van der Waals surface area contributed by atoms with E-state index in [1.165, 1.54) is 54.6 Å². The maximum atomic E-state index is 16.0. The van der Waals surface area contributed by atoms with Crippen molar-refractivity contribution in [2.24, 2.45) is 100 Å². The Balaban J connectivity index is 1.63. The molecule has 0 unspecified atom stereocenters. The molecule has 55 heteroatoms. The summed E-state index contributed by atoms with van der Waals surface area (Å²) in [5, 5.41) is 61.6. The molecule has 0 saturated carbocycles. The molecule has 2 heterocycles. The van der Waals surface area contributed by atoms with E-state index in [1.807, 2.05) is 0 Å². The minimum atomic E-state index is -1.93. The lowest BCUT2D eigenvalue weighted by atomic mass is 10.00. The average molecular weight is 2050 g/mol. The topological polar surface area (TPSA) is 928 Å². The van der Waals surface area contributed by atoms with Gasteiger partial charge in [-0.3, -0.25) is 87.1 Å². The summed E-state index contributed by atoms with van der Waals surface area (Å²) in [5.41, 5.74) is 80.3. The molecule has 4 aromatic carbocycles. The largest absolute Gasteiger partial charge is 0.508 e. The molecule has 2 fully saturated rings. The third-order valence-electron chi connectivity index (χ3n) is 22.8. The summed E-state index contributed by atoms with van der Waals surface area (Å²) in [6, 6.07) is -3.70. The van der Waals surface area contributed by atoms with E-state index in [0.29, 0.717) is 16.3 Å². The summed E-state index contributed by atoms with van der Waals surface area (Å²) in [6.07, 6.45) is -2.35. The second-order valence-electron chi connectivity index (χ2n) is 34.1. The molecule has 790 valence electrons. The van der Waals surface area contributed by atoms with Crippen LogP contribution in [0.5, 0.6) is 11.5 Å². The number of carbonyl (C=O) groups excluding carboxylic acids is 17. The molecule has 0 bridgehead atoms. The van der Waals surface area contributed by atoms with Crippen LogP contribution < -0.4 is 160 Å². The van der Waals surface area contributed by atoms with Crippen LogP contribution in [0.4, 0.5) is 14.4 Å². The van der Waals surface area contributed by atoms with E-state index in [4.69, 9.17) is 80.3 Å². The summed E-state index contributed by atoms with van der Waals surface area (Å²) in [7, 11) is 1.48. The highest BCUT2D eigenvalue weighted by atomic mass is 33.1. The molecule has 0 radical (unpaired) electrons. The summed E-state index contributed by atoms with van der Waals surface area (Å²) in [4.78, 5) is 266. The minimum Gasteiger partial charge on any atom is -0.508 e. The van der Waals surface area contributed by atoms with Crippen LogP contribution in [-0.4, -0.2) is 289 Å². The molecule has 4 aromatic rings. The molecule has 53 nitrogen and oxygen atoms in total. The predicted molar refractivity (Wildman–Crippen MR) is 540 cm³/mol. The zero-order valence-electron chi connectivity index (χ0n) is 79.8. The molecule has 6 rings (SSSR count). The summed E-state index contributed by atoms with van der Waals surface area (Å²) >= 11 is 0. The number of hydrogen-bond acceptors (Lipinski definition) is 27. The second-order valence-corrected chi connectivity index (χ2v) is 36.7. The third-order valence-corrected chi connectivity index (χ3v) is 25.2. The number of hydrogen-bond donors (Lipinski definition) is 31. The Morgan fingerprint density at radius 2 is 0.833 bits per heavy atom. The van der Waals surface area contributed by atoms with Crippen molar-refractivity contribution in [1.82, 2.24) is 84.7 Å². The molecule has 0 aromatic heterocycles. The monoisotopic (exact) mass is 2050 g/mol. The fourth-order valence-electron chi connectivity index (χ4n) is 15.3. The second kappa shape index (κ2) is 62.2.